The maximum absolute atomic E-state index is 12.6. The summed E-state index contributed by atoms with van der Waals surface area (Å²) < 4.78 is 0. The minimum absolute atomic E-state index is 0.0428. The number of carbonyl (C=O) groups is 2. The summed E-state index contributed by atoms with van der Waals surface area (Å²) in [5.74, 6) is 0.476. The molecule has 0 fully saturated rings. The van der Waals surface area contributed by atoms with Crippen molar-refractivity contribution in [3.05, 3.63) is 90.0 Å². The van der Waals surface area contributed by atoms with Crippen LogP contribution in [0, 0.1) is 0 Å². The second-order valence-corrected chi connectivity index (χ2v) is 9.49. The van der Waals surface area contributed by atoms with Crippen molar-refractivity contribution in [1.29, 1.82) is 0 Å². The second-order valence-electron chi connectivity index (χ2n) is 8.32. The lowest BCUT2D eigenvalue weighted by Gasteiger charge is -2.19. The molecule has 3 aromatic carbocycles. The van der Waals surface area contributed by atoms with Gasteiger partial charge in [0.05, 0.1) is 0 Å². The van der Waals surface area contributed by atoms with E-state index in [1.165, 1.54) is 5.56 Å². The van der Waals surface area contributed by atoms with E-state index in [1.807, 2.05) is 72.8 Å². The zero-order valence-corrected chi connectivity index (χ0v) is 19.0. The number of hydrogen-bond donors (Lipinski definition) is 2. The molecule has 160 valence electrons. The van der Waals surface area contributed by atoms with Crippen molar-refractivity contribution in [2.24, 2.45) is 0 Å². The SMILES string of the molecule is CC(C)(C)c1ccc(C(=O)Nc2cccc(NC(=O)CCSc3ccccc3)c2)cc1. The highest BCUT2D eigenvalue weighted by molar-refractivity contribution is 7.99. The number of anilines is 2. The molecule has 0 aliphatic carbocycles. The molecule has 4 nitrogen and oxygen atoms in total. The van der Waals surface area contributed by atoms with E-state index in [-0.39, 0.29) is 17.2 Å². The summed E-state index contributed by atoms with van der Waals surface area (Å²) in [7, 11) is 0. The smallest absolute Gasteiger partial charge is 0.255 e. The minimum Gasteiger partial charge on any atom is -0.326 e. The van der Waals surface area contributed by atoms with Crippen LogP contribution < -0.4 is 10.6 Å². The van der Waals surface area contributed by atoms with Gasteiger partial charge in [0, 0.05) is 34.0 Å². The Kier molecular flexibility index (Phi) is 7.53. The van der Waals surface area contributed by atoms with E-state index in [9.17, 15) is 9.59 Å². The third-order valence-electron chi connectivity index (χ3n) is 4.76. The third kappa shape index (κ3) is 7.00. The molecule has 0 saturated carbocycles. The highest BCUT2D eigenvalue weighted by Gasteiger charge is 2.14. The fourth-order valence-electron chi connectivity index (χ4n) is 3.00. The van der Waals surface area contributed by atoms with Gasteiger partial charge < -0.3 is 10.6 Å². The maximum Gasteiger partial charge on any atom is 0.255 e. The van der Waals surface area contributed by atoms with Crippen molar-refractivity contribution >= 4 is 35.0 Å². The summed E-state index contributed by atoms with van der Waals surface area (Å²) in [5, 5.41) is 5.80. The summed E-state index contributed by atoms with van der Waals surface area (Å²) >= 11 is 1.65. The normalized spacial score (nSPS) is 11.1. The molecule has 0 atom stereocenters. The standard InChI is InChI=1S/C26H28N2O2S/c1-26(2,3)20-14-12-19(13-15-20)25(30)28-22-9-7-8-21(18-22)27-24(29)16-17-31-23-10-5-4-6-11-23/h4-15,18H,16-17H2,1-3H3,(H,27,29)(H,28,30). The van der Waals surface area contributed by atoms with Crippen LogP contribution in [0.15, 0.2) is 83.8 Å². The van der Waals surface area contributed by atoms with Gasteiger partial charge in [-0.2, -0.15) is 0 Å². The maximum atomic E-state index is 12.6. The van der Waals surface area contributed by atoms with E-state index in [4.69, 9.17) is 0 Å². The van der Waals surface area contributed by atoms with Crippen molar-refractivity contribution in [3.8, 4) is 0 Å². The van der Waals surface area contributed by atoms with Crippen molar-refractivity contribution in [2.75, 3.05) is 16.4 Å². The number of hydrogen-bond acceptors (Lipinski definition) is 3. The molecule has 0 bridgehead atoms. The molecule has 0 spiro atoms. The summed E-state index contributed by atoms with van der Waals surface area (Å²) in [6.45, 7) is 6.42. The molecule has 3 aromatic rings. The van der Waals surface area contributed by atoms with Gasteiger partial charge >= 0.3 is 0 Å². The zero-order valence-electron chi connectivity index (χ0n) is 18.1. The van der Waals surface area contributed by atoms with Gasteiger partial charge in [0.25, 0.3) is 5.91 Å². The van der Waals surface area contributed by atoms with Crippen molar-refractivity contribution in [2.45, 2.75) is 37.5 Å². The molecule has 2 N–H and O–H groups in total. The van der Waals surface area contributed by atoms with Crippen LogP contribution in [0.25, 0.3) is 0 Å². The zero-order chi connectivity index (χ0) is 22.3. The molecule has 0 heterocycles. The van der Waals surface area contributed by atoms with Gasteiger partial charge in [0.1, 0.15) is 0 Å². The number of thioether (sulfide) groups is 1. The Bertz CT molecular complexity index is 1030. The Hall–Kier alpha value is -3.05. The van der Waals surface area contributed by atoms with Crippen LogP contribution in [-0.4, -0.2) is 17.6 Å². The molecular weight excluding hydrogens is 404 g/mol. The van der Waals surface area contributed by atoms with E-state index >= 15 is 0 Å². The van der Waals surface area contributed by atoms with E-state index < -0.39 is 0 Å². The Morgan fingerprint density at radius 3 is 2.10 bits per heavy atom. The Morgan fingerprint density at radius 2 is 1.45 bits per heavy atom. The van der Waals surface area contributed by atoms with Gasteiger partial charge in [-0.1, -0.05) is 57.2 Å². The molecule has 0 aromatic heterocycles. The number of carbonyl (C=O) groups excluding carboxylic acids is 2. The average Bonchev–Trinajstić information content (AvgIpc) is 2.74. The van der Waals surface area contributed by atoms with Crippen LogP contribution in [0.1, 0.15) is 43.1 Å². The van der Waals surface area contributed by atoms with Gasteiger partial charge in [-0.05, 0) is 53.4 Å². The first kappa shape index (κ1) is 22.6. The summed E-state index contributed by atoms with van der Waals surface area (Å²) in [5.41, 5.74) is 3.12. The molecule has 0 saturated heterocycles. The molecule has 31 heavy (non-hydrogen) atoms. The van der Waals surface area contributed by atoms with E-state index in [2.05, 4.69) is 31.4 Å². The highest BCUT2D eigenvalue weighted by Crippen LogP contribution is 2.23. The fourth-order valence-corrected chi connectivity index (χ4v) is 3.87. The fraction of sp³-hybridized carbons (Fsp3) is 0.231. The molecule has 2 amide bonds. The van der Waals surface area contributed by atoms with Gasteiger partial charge in [0.15, 0.2) is 0 Å². The Balaban J connectivity index is 1.53. The van der Waals surface area contributed by atoms with Crippen molar-refractivity contribution in [1.82, 2.24) is 0 Å². The van der Waals surface area contributed by atoms with Crippen LogP contribution >= 0.6 is 11.8 Å². The lowest BCUT2D eigenvalue weighted by atomic mass is 9.87. The molecule has 3 rings (SSSR count). The quantitative estimate of drug-likeness (QED) is 0.427. The van der Waals surface area contributed by atoms with Crippen LogP contribution in [0.4, 0.5) is 11.4 Å². The van der Waals surface area contributed by atoms with Gasteiger partial charge in [-0.15, -0.1) is 11.8 Å². The molecule has 5 heteroatoms. The number of amides is 2. The minimum atomic E-state index is -0.178. The van der Waals surface area contributed by atoms with Crippen LogP contribution in [0.3, 0.4) is 0 Å². The first-order chi connectivity index (χ1) is 14.8. The largest absolute Gasteiger partial charge is 0.326 e. The number of rotatable bonds is 7. The summed E-state index contributed by atoms with van der Waals surface area (Å²) in [6, 6.07) is 24.9. The molecular formula is C26H28N2O2S. The Morgan fingerprint density at radius 1 is 0.806 bits per heavy atom. The highest BCUT2D eigenvalue weighted by atomic mass is 32.2. The molecule has 0 radical (unpaired) electrons. The third-order valence-corrected chi connectivity index (χ3v) is 5.77. The van der Waals surface area contributed by atoms with Crippen LogP contribution in [0.2, 0.25) is 0 Å². The van der Waals surface area contributed by atoms with Crippen LogP contribution in [0.5, 0.6) is 0 Å². The molecule has 0 unspecified atom stereocenters. The monoisotopic (exact) mass is 432 g/mol. The van der Waals surface area contributed by atoms with Gasteiger partial charge in [0.2, 0.25) is 5.91 Å². The van der Waals surface area contributed by atoms with Crippen molar-refractivity contribution in [3.63, 3.8) is 0 Å². The predicted molar refractivity (Wildman–Crippen MR) is 130 cm³/mol. The number of benzene rings is 3. The Labute approximate surface area is 188 Å². The summed E-state index contributed by atoms with van der Waals surface area (Å²) in [6.07, 6.45) is 0.413. The van der Waals surface area contributed by atoms with Crippen molar-refractivity contribution < 1.29 is 9.59 Å². The second kappa shape index (κ2) is 10.3. The molecule has 0 aliphatic heterocycles. The van der Waals surface area contributed by atoms with E-state index in [1.54, 1.807) is 17.8 Å². The lowest BCUT2D eigenvalue weighted by molar-refractivity contribution is -0.115. The van der Waals surface area contributed by atoms with E-state index in [0.29, 0.717) is 29.1 Å². The first-order valence-corrected chi connectivity index (χ1v) is 11.3. The number of nitrogens with one attached hydrogen (secondary N) is 2. The van der Waals surface area contributed by atoms with E-state index in [0.717, 1.165) is 4.90 Å². The van der Waals surface area contributed by atoms with Gasteiger partial charge in [-0.3, -0.25) is 9.59 Å². The predicted octanol–water partition coefficient (Wildman–Crippen LogP) is 6.36. The van der Waals surface area contributed by atoms with Crippen LogP contribution in [-0.2, 0) is 10.2 Å². The topological polar surface area (TPSA) is 58.2 Å². The first-order valence-electron chi connectivity index (χ1n) is 10.3. The summed E-state index contributed by atoms with van der Waals surface area (Å²) in [4.78, 5) is 26.0. The lowest BCUT2D eigenvalue weighted by Crippen LogP contribution is -2.15. The molecule has 0 aliphatic rings. The van der Waals surface area contributed by atoms with Gasteiger partial charge in [-0.25, -0.2) is 0 Å². The average molecular weight is 433 g/mol.